The Morgan fingerprint density at radius 1 is 1.00 bits per heavy atom. The molecule has 0 atom stereocenters. The SMILES string of the molecule is CC(C)c1ccc(Nc2nccc(NCc3ccccc3F)n2)cc1. The third-order valence-electron chi connectivity index (χ3n) is 3.91. The van der Waals surface area contributed by atoms with Crippen molar-refractivity contribution in [1.29, 1.82) is 0 Å². The van der Waals surface area contributed by atoms with Gasteiger partial charge in [0.2, 0.25) is 5.95 Å². The van der Waals surface area contributed by atoms with Crippen LogP contribution >= 0.6 is 0 Å². The van der Waals surface area contributed by atoms with E-state index in [4.69, 9.17) is 0 Å². The highest BCUT2D eigenvalue weighted by Crippen LogP contribution is 2.19. The first-order valence-corrected chi connectivity index (χ1v) is 8.29. The molecule has 3 rings (SSSR count). The molecule has 0 aliphatic rings. The number of halogens is 1. The Bertz CT molecular complexity index is 831. The number of nitrogens with one attached hydrogen (secondary N) is 2. The summed E-state index contributed by atoms with van der Waals surface area (Å²) in [6.07, 6.45) is 1.67. The summed E-state index contributed by atoms with van der Waals surface area (Å²) in [5.41, 5.74) is 2.81. The number of rotatable bonds is 6. The minimum absolute atomic E-state index is 0.229. The first kappa shape index (κ1) is 16.9. The molecule has 1 heterocycles. The maximum absolute atomic E-state index is 13.7. The minimum atomic E-state index is -0.229. The van der Waals surface area contributed by atoms with Crippen molar-refractivity contribution in [2.75, 3.05) is 10.6 Å². The van der Waals surface area contributed by atoms with Crippen molar-refractivity contribution < 1.29 is 4.39 Å². The van der Waals surface area contributed by atoms with Gasteiger partial charge in [0.05, 0.1) is 0 Å². The standard InChI is InChI=1S/C20H21FN4/c1-14(2)15-7-9-17(10-8-15)24-20-22-12-11-19(25-20)23-13-16-5-3-4-6-18(16)21/h3-12,14H,13H2,1-2H3,(H2,22,23,24,25). The lowest BCUT2D eigenvalue weighted by Gasteiger charge is -2.10. The molecule has 0 amide bonds. The van der Waals surface area contributed by atoms with Crippen molar-refractivity contribution in [1.82, 2.24) is 9.97 Å². The number of hydrogen-bond acceptors (Lipinski definition) is 4. The molecule has 5 heteroatoms. The van der Waals surface area contributed by atoms with Gasteiger partial charge in [-0.1, -0.05) is 44.2 Å². The van der Waals surface area contributed by atoms with Gasteiger partial charge in [-0.25, -0.2) is 9.37 Å². The Kier molecular flexibility index (Phi) is 5.23. The smallest absolute Gasteiger partial charge is 0.229 e. The monoisotopic (exact) mass is 336 g/mol. The van der Waals surface area contributed by atoms with Gasteiger partial charge in [-0.15, -0.1) is 0 Å². The highest BCUT2D eigenvalue weighted by Gasteiger charge is 2.04. The summed E-state index contributed by atoms with van der Waals surface area (Å²) >= 11 is 0. The summed E-state index contributed by atoms with van der Waals surface area (Å²) in [5.74, 6) is 1.40. The van der Waals surface area contributed by atoms with Crippen LogP contribution < -0.4 is 10.6 Å². The lowest BCUT2D eigenvalue weighted by Crippen LogP contribution is -2.05. The number of benzene rings is 2. The van der Waals surface area contributed by atoms with E-state index in [0.717, 1.165) is 5.69 Å². The molecule has 0 aliphatic carbocycles. The fourth-order valence-electron chi connectivity index (χ4n) is 2.43. The van der Waals surface area contributed by atoms with Gasteiger partial charge in [0.25, 0.3) is 0 Å². The van der Waals surface area contributed by atoms with E-state index < -0.39 is 0 Å². The van der Waals surface area contributed by atoms with E-state index in [1.54, 1.807) is 24.4 Å². The molecule has 0 spiro atoms. The molecule has 0 unspecified atom stereocenters. The average Bonchev–Trinajstić information content (AvgIpc) is 2.62. The summed E-state index contributed by atoms with van der Waals surface area (Å²) in [4.78, 5) is 8.64. The van der Waals surface area contributed by atoms with E-state index in [1.165, 1.54) is 11.6 Å². The van der Waals surface area contributed by atoms with Gasteiger partial charge < -0.3 is 10.6 Å². The zero-order chi connectivity index (χ0) is 17.6. The normalized spacial score (nSPS) is 10.7. The van der Waals surface area contributed by atoms with Crippen molar-refractivity contribution in [2.45, 2.75) is 26.3 Å². The van der Waals surface area contributed by atoms with Crippen molar-refractivity contribution in [2.24, 2.45) is 0 Å². The van der Waals surface area contributed by atoms with Crippen LogP contribution in [-0.4, -0.2) is 9.97 Å². The number of hydrogen-bond donors (Lipinski definition) is 2. The van der Waals surface area contributed by atoms with Crippen LogP contribution in [-0.2, 0) is 6.54 Å². The van der Waals surface area contributed by atoms with E-state index in [1.807, 2.05) is 18.2 Å². The van der Waals surface area contributed by atoms with Gasteiger partial charge in [0.15, 0.2) is 0 Å². The molecule has 0 radical (unpaired) electrons. The molecule has 1 aromatic heterocycles. The molecule has 0 bridgehead atoms. The maximum Gasteiger partial charge on any atom is 0.229 e. The zero-order valence-electron chi connectivity index (χ0n) is 14.3. The van der Waals surface area contributed by atoms with E-state index >= 15 is 0 Å². The minimum Gasteiger partial charge on any atom is -0.366 e. The molecular weight excluding hydrogens is 315 g/mol. The summed E-state index contributed by atoms with van der Waals surface area (Å²) in [5, 5.41) is 6.30. The first-order valence-electron chi connectivity index (χ1n) is 8.29. The summed E-state index contributed by atoms with van der Waals surface area (Å²) in [6, 6.07) is 16.7. The molecule has 3 aromatic rings. The van der Waals surface area contributed by atoms with Gasteiger partial charge >= 0.3 is 0 Å². The number of nitrogens with zero attached hydrogens (tertiary/aromatic N) is 2. The van der Waals surface area contributed by atoms with Crippen molar-refractivity contribution >= 4 is 17.5 Å². The summed E-state index contributed by atoms with van der Waals surface area (Å²) in [7, 11) is 0. The second-order valence-electron chi connectivity index (χ2n) is 6.11. The van der Waals surface area contributed by atoms with Crippen molar-refractivity contribution in [3.63, 3.8) is 0 Å². The van der Waals surface area contributed by atoms with E-state index in [0.29, 0.717) is 29.8 Å². The molecule has 0 saturated heterocycles. The Morgan fingerprint density at radius 3 is 2.48 bits per heavy atom. The fourth-order valence-corrected chi connectivity index (χ4v) is 2.43. The van der Waals surface area contributed by atoms with Crippen molar-refractivity contribution in [3.05, 3.63) is 77.7 Å². The summed E-state index contributed by atoms with van der Waals surface area (Å²) in [6.45, 7) is 4.69. The largest absolute Gasteiger partial charge is 0.366 e. The van der Waals surface area contributed by atoms with Crippen molar-refractivity contribution in [3.8, 4) is 0 Å². The van der Waals surface area contributed by atoms with Crippen LogP contribution in [0.1, 0.15) is 30.9 Å². The Hall–Kier alpha value is -2.95. The highest BCUT2D eigenvalue weighted by molar-refractivity contribution is 5.55. The van der Waals surface area contributed by atoms with Gasteiger partial charge in [0, 0.05) is 24.0 Å². The maximum atomic E-state index is 13.7. The Morgan fingerprint density at radius 2 is 1.76 bits per heavy atom. The number of aromatic nitrogens is 2. The van der Waals surface area contributed by atoms with E-state index in [9.17, 15) is 4.39 Å². The van der Waals surface area contributed by atoms with E-state index in [-0.39, 0.29) is 5.82 Å². The van der Waals surface area contributed by atoms with Gasteiger partial charge in [-0.05, 0) is 35.7 Å². The molecular formula is C20H21FN4. The molecule has 2 aromatic carbocycles. The highest BCUT2D eigenvalue weighted by atomic mass is 19.1. The van der Waals surface area contributed by atoms with E-state index in [2.05, 4.69) is 46.6 Å². The third kappa shape index (κ3) is 4.53. The van der Waals surface area contributed by atoms with Crippen LogP contribution in [0.15, 0.2) is 60.8 Å². The molecule has 128 valence electrons. The number of anilines is 3. The molecule has 0 saturated carbocycles. The van der Waals surface area contributed by atoms with Crippen LogP contribution in [0.3, 0.4) is 0 Å². The van der Waals surface area contributed by atoms with Crippen LogP contribution in [0, 0.1) is 5.82 Å². The van der Waals surface area contributed by atoms with Crippen LogP contribution in [0.4, 0.5) is 21.8 Å². The van der Waals surface area contributed by atoms with Crippen LogP contribution in [0.25, 0.3) is 0 Å². The summed E-state index contributed by atoms with van der Waals surface area (Å²) < 4.78 is 13.7. The molecule has 4 nitrogen and oxygen atoms in total. The molecule has 2 N–H and O–H groups in total. The first-order chi connectivity index (χ1) is 12.1. The van der Waals surface area contributed by atoms with Gasteiger partial charge in [0.1, 0.15) is 11.6 Å². The predicted molar refractivity (Wildman–Crippen MR) is 99.6 cm³/mol. The zero-order valence-corrected chi connectivity index (χ0v) is 14.3. The fraction of sp³-hybridized carbons (Fsp3) is 0.200. The van der Waals surface area contributed by atoms with Crippen LogP contribution in [0.2, 0.25) is 0 Å². The van der Waals surface area contributed by atoms with Gasteiger partial charge in [-0.3, -0.25) is 0 Å². The van der Waals surface area contributed by atoms with Crippen LogP contribution in [0.5, 0.6) is 0 Å². The Labute approximate surface area is 147 Å². The second-order valence-corrected chi connectivity index (χ2v) is 6.11. The third-order valence-corrected chi connectivity index (χ3v) is 3.91. The average molecular weight is 336 g/mol. The topological polar surface area (TPSA) is 49.8 Å². The lowest BCUT2D eigenvalue weighted by molar-refractivity contribution is 0.613. The lowest BCUT2D eigenvalue weighted by atomic mass is 10.0. The predicted octanol–water partition coefficient (Wildman–Crippen LogP) is 5.09. The van der Waals surface area contributed by atoms with Gasteiger partial charge in [-0.2, -0.15) is 4.98 Å². The quantitative estimate of drug-likeness (QED) is 0.658. The Balaban J connectivity index is 1.66. The molecule has 0 fully saturated rings. The molecule has 0 aliphatic heterocycles. The second kappa shape index (κ2) is 7.75. The molecule has 25 heavy (non-hydrogen) atoms.